The zero-order valence-corrected chi connectivity index (χ0v) is 10.3. The van der Waals surface area contributed by atoms with E-state index in [0.717, 1.165) is 13.2 Å². The molecule has 0 spiro atoms. The summed E-state index contributed by atoms with van der Waals surface area (Å²) in [5.74, 6) is -0.796. The number of benzene rings is 1. The van der Waals surface area contributed by atoms with Crippen molar-refractivity contribution in [2.24, 2.45) is 0 Å². The number of nitrogens with zero attached hydrogens (tertiary/aromatic N) is 1. The van der Waals surface area contributed by atoms with Gasteiger partial charge in [-0.1, -0.05) is 0 Å². The first-order valence-electron chi connectivity index (χ1n) is 4.11. The zero-order chi connectivity index (χ0) is 12.3. The quantitative estimate of drug-likeness (QED) is 0.616. The third kappa shape index (κ3) is 2.47. The van der Waals surface area contributed by atoms with Crippen LogP contribution in [0, 0.1) is 14.9 Å². The number of halogens is 3. The van der Waals surface area contributed by atoms with Gasteiger partial charge < -0.3 is 4.74 Å². The van der Waals surface area contributed by atoms with Crippen molar-refractivity contribution in [3.05, 3.63) is 32.4 Å². The minimum absolute atomic E-state index is 0.0284. The number of rotatable bonds is 2. The Kier molecular flexibility index (Phi) is 4.18. The molecule has 0 amide bonds. The molecule has 0 saturated heterocycles. The number of carbonyl (C=O) groups excluding carboxylic acids is 1. The largest absolute Gasteiger partial charge is 0.465 e. The van der Waals surface area contributed by atoms with Crippen LogP contribution in [0.1, 0.15) is 27.9 Å². The van der Waals surface area contributed by atoms with Crippen molar-refractivity contribution >= 4 is 28.6 Å². The summed E-state index contributed by atoms with van der Waals surface area (Å²) in [5, 5.41) is 8.77. The van der Waals surface area contributed by atoms with E-state index in [1.54, 1.807) is 28.7 Å². The highest BCUT2D eigenvalue weighted by Crippen LogP contribution is 2.27. The van der Waals surface area contributed by atoms with Crippen molar-refractivity contribution in [3.63, 3.8) is 0 Å². The molecule has 0 unspecified atom stereocenters. The molecule has 0 aliphatic heterocycles. The summed E-state index contributed by atoms with van der Waals surface area (Å²) in [6, 6.07) is 4.01. The Morgan fingerprint density at radius 1 is 1.56 bits per heavy atom. The molecule has 1 rings (SSSR count). The summed E-state index contributed by atoms with van der Waals surface area (Å²) in [6.45, 7) is 0. The average molecular weight is 337 g/mol. The molecule has 0 fully saturated rings. The minimum Gasteiger partial charge on any atom is -0.465 e. The number of alkyl halides is 2. The van der Waals surface area contributed by atoms with Crippen molar-refractivity contribution in [3.8, 4) is 6.07 Å². The molecule has 0 bridgehead atoms. The second-order valence-electron chi connectivity index (χ2n) is 2.82. The maximum atomic E-state index is 12.6. The monoisotopic (exact) mass is 337 g/mol. The molecule has 0 saturated carbocycles. The lowest BCUT2D eigenvalue weighted by Gasteiger charge is -2.07. The van der Waals surface area contributed by atoms with Crippen LogP contribution >= 0.6 is 22.6 Å². The van der Waals surface area contributed by atoms with E-state index >= 15 is 0 Å². The fraction of sp³-hybridized carbons (Fsp3) is 0.200. The molecule has 16 heavy (non-hydrogen) atoms. The molecule has 1 aromatic carbocycles. The van der Waals surface area contributed by atoms with Crippen LogP contribution in [-0.4, -0.2) is 13.1 Å². The molecule has 3 nitrogen and oxygen atoms in total. The second-order valence-corrected chi connectivity index (χ2v) is 3.99. The highest BCUT2D eigenvalue weighted by atomic mass is 127. The van der Waals surface area contributed by atoms with Crippen LogP contribution in [0.3, 0.4) is 0 Å². The van der Waals surface area contributed by atoms with Crippen LogP contribution in [-0.2, 0) is 4.74 Å². The molecule has 0 N–H and O–H groups in total. The molecule has 84 valence electrons. The predicted octanol–water partition coefficient (Wildman–Crippen LogP) is 2.89. The topological polar surface area (TPSA) is 50.1 Å². The summed E-state index contributed by atoms with van der Waals surface area (Å²) in [6.07, 6.45) is -2.69. The van der Waals surface area contributed by atoms with Gasteiger partial charge in [-0.3, -0.25) is 0 Å². The SMILES string of the molecule is COC(=O)c1cc(C(F)F)c(I)cc1C#N. The molecule has 6 heteroatoms. The first kappa shape index (κ1) is 12.8. The van der Waals surface area contributed by atoms with Gasteiger partial charge in [0, 0.05) is 9.13 Å². The van der Waals surface area contributed by atoms with Crippen LogP contribution in [0.15, 0.2) is 12.1 Å². The predicted molar refractivity (Wildman–Crippen MR) is 60.2 cm³/mol. The molecule has 0 atom stereocenters. The molecule has 1 aromatic rings. The van der Waals surface area contributed by atoms with E-state index in [1.165, 1.54) is 6.07 Å². The van der Waals surface area contributed by atoms with Crippen molar-refractivity contribution in [1.82, 2.24) is 0 Å². The first-order valence-corrected chi connectivity index (χ1v) is 5.19. The van der Waals surface area contributed by atoms with Gasteiger partial charge in [0.1, 0.15) is 6.07 Å². The highest BCUT2D eigenvalue weighted by molar-refractivity contribution is 14.1. The highest BCUT2D eigenvalue weighted by Gasteiger charge is 2.19. The van der Waals surface area contributed by atoms with E-state index in [1.807, 2.05) is 0 Å². The molecular formula is C10H6F2INO2. The van der Waals surface area contributed by atoms with Gasteiger partial charge in [0.25, 0.3) is 6.43 Å². The number of ether oxygens (including phenoxy) is 1. The Morgan fingerprint density at radius 2 is 2.19 bits per heavy atom. The number of hydrogen-bond acceptors (Lipinski definition) is 3. The van der Waals surface area contributed by atoms with E-state index < -0.39 is 12.4 Å². The Morgan fingerprint density at radius 3 is 2.62 bits per heavy atom. The summed E-state index contributed by atoms with van der Waals surface area (Å²) in [4.78, 5) is 11.3. The number of esters is 1. The van der Waals surface area contributed by atoms with Gasteiger partial charge in [0.15, 0.2) is 0 Å². The Bertz CT molecular complexity index is 469. The lowest BCUT2D eigenvalue weighted by Crippen LogP contribution is -2.06. The third-order valence-electron chi connectivity index (χ3n) is 1.90. The summed E-state index contributed by atoms with van der Waals surface area (Å²) in [5.41, 5.74) is -0.388. The maximum Gasteiger partial charge on any atom is 0.339 e. The molecule has 0 heterocycles. The second kappa shape index (κ2) is 5.21. The lowest BCUT2D eigenvalue weighted by atomic mass is 10.1. The van der Waals surface area contributed by atoms with E-state index in [9.17, 15) is 13.6 Å². The number of nitriles is 1. The van der Waals surface area contributed by atoms with Crippen LogP contribution in [0.5, 0.6) is 0 Å². The van der Waals surface area contributed by atoms with Crippen molar-refractivity contribution < 1.29 is 18.3 Å². The van der Waals surface area contributed by atoms with E-state index in [-0.39, 0.29) is 20.3 Å². The fourth-order valence-corrected chi connectivity index (χ4v) is 1.83. The Labute approximate surface area is 104 Å². The normalized spacial score (nSPS) is 10.0. The van der Waals surface area contributed by atoms with Crippen LogP contribution < -0.4 is 0 Å². The fourth-order valence-electron chi connectivity index (χ4n) is 1.13. The van der Waals surface area contributed by atoms with Crippen molar-refractivity contribution in [2.75, 3.05) is 7.11 Å². The molecule has 0 aliphatic carbocycles. The number of methoxy groups -OCH3 is 1. The number of hydrogen-bond donors (Lipinski definition) is 0. The molecule has 0 aromatic heterocycles. The van der Waals surface area contributed by atoms with Crippen LogP contribution in [0.25, 0.3) is 0 Å². The zero-order valence-electron chi connectivity index (χ0n) is 8.13. The van der Waals surface area contributed by atoms with Crippen molar-refractivity contribution in [2.45, 2.75) is 6.43 Å². The summed E-state index contributed by atoms with van der Waals surface area (Å²) in [7, 11) is 1.13. The van der Waals surface area contributed by atoms with Gasteiger partial charge in [0.2, 0.25) is 0 Å². The Hall–Kier alpha value is -1.23. The lowest BCUT2D eigenvalue weighted by molar-refractivity contribution is 0.0600. The standard InChI is InChI=1S/C10H6F2INO2/c1-16-10(15)6-3-7(9(11)12)8(13)2-5(6)4-14/h2-3,9H,1H3. The van der Waals surface area contributed by atoms with Gasteiger partial charge >= 0.3 is 5.97 Å². The minimum atomic E-state index is -2.69. The third-order valence-corrected chi connectivity index (χ3v) is 2.83. The molecule has 0 aliphatic rings. The van der Waals surface area contributed by atoms with Crippen molar-refractivity contribution in [1.29, 1.82) is 5.26 Å². The number of carbonyl (C=O) groups is 1. The van der Waals surface area contributed by atoms with Crippen LogP contribution in [0.4, 0.5) is 8.78 Å². The van der Waals surface area contributed by atoms with E-state index in [0.29, 0.717) is 0 Å². The summed E-state index contributed by atoms with van der Waals surface area (Å²) < 4.78 is 29.8. The van der Waals surface area contributed by atoms with Gasteiger partial charge in [-0.15, -0.1) is 0 Å². The maximum absolute atomic E-state index is 12.6. The van der Waals surface area contributed by atoms with Gasteiger partial charge in [0.05, 0.1) is 18.2 Å². The first-order chi connectivity index (χ1) is 7.51. The Balaban J connectivity index is 3.42. The average Bonchev–Trinajstić information content (AvgIpc) is 2.27. The van der Waals surface area contributed by atoms with E-state index in [4.69, 9.17) is 5.26 Å². The van der Waals surface area contributed by atoms with Gasteiger partial charge in [-0.05, 0) is 34.7 Å². The van der Waals surface area contributed by atoms with Crippen LogP contribution in [0.2, 0.25) is 0 Å². The van der Waals surface area contributed by atoms with Gasteiger partial charge in [-0.2, -0.15) is 5.26 Å². The smallest absolute Gasteiger partial charge is 0.339 e. The molecule has 0 radical (unpaired) electrons. The summed E-state index contributed by atoms with van der Waals surface area (Å²) >= 11 is 1.69. The van der Waals surface area contributed by atoms with Gasteiger partial charge in [-0.25, -0.2) is 13.6 Å². The van der Waals surface area contributed by atoms with E-state index in [2.05, 4.69) is 4.74 Å². The molecular weight excluding hydrogens is 331 g/mol.